The number of sulfonamides is 1. The molecule has 118 valence electrons. The molecule has 0 unspecified atom stereocenters. The lowest BCUT2D eigenvalue weighted by molar-refractivity contribution is 0.0977. The molecular formula is C15H12ClN3O3S. The fourth-order valence-corrected chi connectivity index (χ4v) is 3.43. The Balaban J connectivity index is 1.94. The zero-order valence-corrected chi connectivity index (χ0v) is 13.6. The Morgan fingerprint density at radius 1 is 1.22 bits per heavy atom. The number of fused-ring (bicyclic) bond motifs is 1. The normalized spacial score (nSPS) is 11.6. The predicted octanol–water partition coefficient (Wildman–Crippen LogP) is 2.41. The van der Waals surface area contributed by atoms with Gasteiger partial charge in [-0.15, -0.1) is 0 Å². The number of pyridine rings is 1. The number of carbonyl (C=O) groups excluding carboxylic acids is 1. The van der Waals surface area contributed by atoms with E-state index in [9.17, 15) is 13.2 Å². The third-order valence-corrected chi connectivity index (χ3v) is 4.78. The van der Waals surface area contributed by atoms with E-state index in [2.05, 4.69) is 4.98 Å². The summed E-state index contributed by atoms with van der Waals surface area (Å²) in [5, 5.41) is 0.384. The summed E-state index contributed by atoms with van der Waals surface area (Å²) in [6.45, 7) is 1.85. The van der Waals surface area contributed by atoms with Crippen LogP contribution in [0.3, 0.4) is 0 Å². The van der Waals surface area contributed by atoms with Gasteiger partial charge in [-0.2, -0.15) is 0 Å². The molecule has 6 nitrogen and oxygen atoms in total. The molecule has 3 rings (SSSR count). The maximum Gasteiger partial charge on any atom is 0.285 e. The predicted molar refractivity (Wildman–Crippen MR) is 86.0 cm³/mol. The van der Waals surface area contributed by atoms with E-state index < -0.39 is 15.9 Å². The molecular weight excluding hydrogens is 338 g/mol. The SMILES string of the molecule is Cc1cc(Cl)c2nc(C(=O)NS(=O)(=O)c3ccccc3)cn2c1. The molecule has 0 spiro atoms. The van der Waals surface area contributed by atoms with E-state index in [0.29, 0.717) is 10.7 Å². The summed E-state index contributed by atoms with van der Waals surface area (Å²) in [6, 6.07) is 9.36. The highest BCUT2D eigenvalue weighted by Gasteiger charge is 2.20. The van der Waals surface area contributed by atoms with Crippen LogP contribution in [0.4, 0.5) is 0 Å². The van der Waals surface area contributed by atoms with Crippen molar-refractivity contribution in [1.29, 1.82) is 0 Å². The zero-order chi connectivity index (χ0) is 16.6. The summed E-state index contributed by atoms with van der Waals surface area (Å²) in [4.78, 5) is 16.3. The molecule has 0 aliphatic carbocycles. The number of halogens is 1. The van der Waals surface area contributed by atoms with Crippen LogP contribution in [-0.2, 0) is 10.0 Å². The molecule has 0 saturated carbocycles. The molecule has 1 amide bonds. The van der Waals surface area contributed by atoms with Gasteiger partial charge in [0.25, 0.3) is 15.9 Å². The molecule has 23 heavy (non-hydrogen) atoms. The summed E-state index contributed by atoms with van der Waals surface area (Å²) in [7, 11) is -3.95. The molecule has 3 aromatic rings. The standard InChI is InChI=1S/C15H12ClN3O3S/c1-10-7-12(16)14-17-13(9-19(14)8-10)15(20)18-23(21,22)11-5-3-2-4-6-11/h2-9H,1H3,(H,18,20). The van der Waals surface area contributed by atoms with Crippen molar-refractivity contribution in [2.45, 2.75) is 11.8 Å². The van der Waals surface area contributed by atoms with Crippen LogP contribution in [-0.4, -0.2) is 23.7 Å². The van der Waals surface area contributed by atoms with Gasteiger partial charge in [0.05, 0.1) is 9.92 Å². The van der Waals surface area contributed by atoms with Crippen molar-refractivity contribution in [2.24, 2.45) is 0 Å². The minimum absolute atomic E-state index is 0.00555. The number of rotatable bonds is 3. The van der Waals surface area contributed by atoms with Crippen LogP contribution < -0.4 is 4.72 Å². The van der Waals surface area contributed by atoms with Gasteiger partial charge in [-0.05, 0) is 30.7 Å². The smallest absolute Gasteiger partial charge is 0.285 e. The lowest BCUT2D eigenvalue weighted by Crippen LogP contribution is -2.30. The van der Waals surface area contributed by atoms with Crippen LogP contribution in [0, 0.1) is 6.92 Å². The average Bonchev–Trinajstić information content (AvgIpc) is 2.92. The fraction of sp³-hybridized carbons (Fsp3) is 0.0667. The minimum Gasteiger partial charge on any atom is -0.305 e. The molecule has 0 fully saturated rings. The van der Waals surface area contributed by atoms with E-state index in [1.54, 1.807) is 34.9 Å². The summed E-state index contributed by atoms with van der Waals surface area (Å²) >= 11 is 6.08. The number of aryl methyl sites for hydroxylation is 1. The van der Waals surface area contributed by atoms with Crippen LogP contribution in [0.2, 0.25) is 5.02 Å². The first-order valence-electron chi connectivity index (χ1n) is 6.64. The van der Waals surface area contributed by atoms with Crippen LogP contribution >= 0.6 is 11.6 Å². The Labute approximate surface area is 137 Å². The number of hydrogen-bond donors (Lipinski definition) is 1. The number of aromatic nitrogens is 2. The second-order valence-electron chi connectivity index (χ2n) is 4.97. The third kappa shape index (κ3) is 3.06. The Hall–Kier alpha value is -2.38. The largest absolute Gasteiger partial charge is 0.305 e. The Kier molecular flexibility index (Phi) is 3.83. The topological polar surface area (TPSA) is 80.5 Å². The highest BCUT2D eigenvalue weighted by molar-refractivity contribution is 7.90. The molecule has 0 aliphatic rings. The van der Waals surface area contributed by atoms with E-state index in [4.69, 9.17) is 11.6 Å². The number of nitrogens with zero attached hydrogens (tertiary/aromatic N) is 2. The highest BCUT2D eigenvalue weighted by Crippen LogP contribution is 2.19. The van der Waals surface area contributed by atoms with Gasteiger partial charge in [-0.25, -0.2) is 18.1 Å². The maximum absolute atomic E-state index is 12.2. The van der Waals surface area contributed by atoms with Gasteiger partial charge in [0, 0.05) is 12.4 Å². The first kappa shape index (κ1) is 15.5. The van der Waals surface area contributed by atoms with Gasteiger partial charge in [-0.1, -0.05) is 29.8 Å². The van der Waals surface area contributed by atoms with E-state index >= 15 is 0 Å². The molecule has 1 N–H and O–H groups in total. The van der Waals surface area contributed by atoms with Crippen LogP contribution in [0.5, 0.6) is 0 Å². The Bertz CT molecular complexity index is 997. The molecule has 0 bridgehead atoms. The fourth-order valence-electron chi connectivity index (χ4n) is 2.13. The Morgan fingerprint density at radius 3 is 2.61 bits per heavy atom. The average molecular weight is 350 g/mol. The molecule has 8 heteroatoms. The van der Waals surface area contributed by atoms with Crippen molar-refractivity contribution in [3.05, 3.63) is 65.1 Å². The number of carbonyl (C=O) groups is 1. The van der Waals surface area contributed by atoms with Crippen molar-refractivity contribution in [1.82, 2.24) is 14.1 Å². The van der Waals surface area contributed by atoms with Gasteiger partial charge in [0.15, 0.2) is 5.65 Å². The van der Waals surface area contributed by atoms with Crippen LogP contribution in [0.1, 0.15) is 16.1 Å². The molecule has 0 saturated heterocycles. The quantitative estimate of drug-likeness (QED) is 0.787. The van der Waals surface area contributed by atoms with Crippen LogP contribution in [0.15, 0.2) is 53.7 Å². The second-order valence-corrected chi connectivity index (χ2v) is 7.06. The number of imidazole rings is 1. The first-order chi connectivity index (χ1) is 10.9. The van der Waals surface area contributed by atoms with E-state index in [-0.39, 0.29) is 10.6 Å². The van der Waals surface area contributed by atoms with Crippen molar-refractivity contribution >= 4 is 33.2 Å². The number of hydrogen-bond acceptors (Lipinski definition) is 4. The van der Waals surface area contributed by atoms with Gasteiger partial charge in [0.2, 0.25) is 0 Å². The Morgan fingerprint density at radius 2 is 1.91 bits per heavy atom. The number of nitrogens with one attached hydrogen (secondary N) is 1. The van der Waals surface area contributed by atoms with Gasteiger partial charge >= 0.3 is 0 Å². The lowest BCUT2D eigenvalue weighted by atomic mass is 10.3. The van der Waals surface area contributed by atoms with Crippen molar-refractivity contribution < 1.29 is 13.2 Å². The summed E-state index contributed by atoms with van der Waals surface area (Å²) in [5.41, 5.74) is 1.25. The summed E-state index contributed by atoms with van der Waals surface area (Å²) < 4.78 is 27.9. The van der Waals surface area contributed by atoms with E-state index in [1.807, 2.05) is 11.6 Å². The molecule has 0 radical (unpaired) electrons. The molecule has 1 aromatic carbocycles. The third-order valence-electron chi connectivity index (χ3n) is 3.16. The molecule has 0 aliphatic heterocycles. The monoisotopic (exact) mass is 349 g/mol. The minimum atomic E-state index is -3.95. The molecule has 2 heterocycles. The van der Waals surface area contributed by atoms with E-state index in [1.165, 1.54) is 18.3 Å². The summed E-state index contributed by atoms with van der Waals surface area (Å²) in [5.74, 6) is -0.814. The lowest BCUT2D eigenvalue weighted by Gasteiger charge is -2.04. The molecule has 2 aromatic heterocycles. The number of benzene rings is 1. The zero-order valence-electron chi connectivity index (χ0n) is 12.0. The van der Waals surface area contributed by atoms with Crippen molar-refractivity contribution in [2.75, 3.05) is 0 Å². The van der Waals surface area contributed by atoms with Crippen molar-refractivity contribution in [3.8, 4) is 0 Å². The van der Waals surface area contributed by atoms with Gasteiger partial charge < -0.3 is 4.40 Å². The van der Waals surface area contributed by atoms with Gasteiger partial charge in [0.1, 0.15) is 5.69 Å². The maximum atomic E-state index is 12.2. The van der Waals surface area contributed by atoms with Crippen molar-refractivity contribution in [3.63, 3.8) is 0 Å². The highest BCUT2D eigenvalue weighted by atomic mass is 35.5. The van der Waals surface area contributed by atoms with Gasteiger partial charge in [-0.3, -0.25) is 4.79 Å². The first-order valence-corrected chi connectivity index (χ1v) is 8.50. The second kappa shape index (κ2) is 5.68. The molecule has 0 atom stereocenters. The van der Waals surface area contributed by atoms with Crippen LogP contribution in [0.25, 0.3) is 5.65 Å². The number of amides is 1. The summed E-state index contributed by atoms with van der Waals surface area (Å²) in [6.07, 6.45) is 3.18. The van der Waals surface area contributed by atoms with E-state index in [0.717, 1.165) is 5.56 Å².